The minimum atomic E-state index is -0.338. The smallest absolute Gasteiger partial charge is 0.399 e. The fraction of sp³-hybridized carbons (Fsp3) is 0.500. The van der Waals surface area contributed by atoms with Gasteiger partial charge in [0.1, 0.15) is 0 Å². The zero-order valence-corrected chi connectivity index (χ0v) is 19.1. The first kappa shape index (κ1) is 22.5. The maximum absolute atomic E-state index is 6.28. The van der Waals surface area contributed by atoms with Crippen LogP contribution in [-0.2, 0) is 16.4 Å². The van der Waals surface area contributed by atoms with Crippen LogP contribution in [0.3, 0.4) is 0 Å². The Labute approximate surface area is 171 Å². The molecule has 0 saturated carbocycles. The fourth-order valence-corrected chi connectivity index (χ4v) is 3.36. The van der Waals surface area contributed by atoms with Gasteiger partial charge in [-0.3, -0.25) is 0 Å². The number of fused-ring (bicyclic) bond motifs is 3. The van der Waals surface area contributed by atoms with Crippen LogP contribution >= 0.6 is 0 Å². The molecule has 28 heavy (non-hydrogen) atoms. The van der Waals surface area contributed by atoms with E-state index in [1.54, 1.807) is 0 Å². The molecule has 0 atom stereocenters. The molecule has 0 spiro atoms. The van der Waals surface area contributed by atoms with Crippen LogP contribution in [0.2, 0.25) is 0 Å². The van der Waals surface area contributed by atoms with Crippen molar-refractivity contribution in [2.45, 2.75) is 73.0 Å². The lowest BCUT2D eigenvalue weighted by molar-refractivity contribution is 0.00578. The molecule has 0 aliphatic carbocycles. The van der Waals surface area contributed by atoms with Crippen LogP contribution in [-0.4, -0.2) is 22.9 Å². The molecule has 1 aromatic heterocycles. The molecule has 0 unspecified atom stereocenters. The van der Waals surface area contributed by atoms with Crippen molar-refractivity contribution in [2.75, 3.05) is 0 Å². The first-order chi connectivity index (χ1) is 13.2. The molecule has 0 bridgehead atoms. The molecule has 0 N–H and O–H groups in total. The summed E-state index contributed by atoms with van der Waals surface area (Å²) >= 11 is 0. The molecule has 2 heterocycles. The number of nitrogens with zero attached hydrogens (tertiary/aromatic N) is 1. The van der Waals surface area contributed by atoms with Gasteiger partial charge in [-0.2, -0.15) is 0 Å². The molecule has 4 heteroatoms. The van der Waals surface area contributed by atoms with Gasteiger partial charge in [0, 0.05) is 18.6 Å². The average molecular weight is 381 g/mol. The summed E-state index contributed by atoms with van der Waals surface area (Å²) in [5.41, 5.74) is 1.70. The van der Waals surface area contributed by atoms with Gasteiger partial charge in [0.15, 0.2) is 0 Å². The van der Waals surface area contributed by atoms with E-state index in [2.05, 4.69) is 95.8 Å². The number of hydrogen-bond acceptors (Lipinski definition) is 2. The van der Waals surface area contributed by atoms with Crippen molar-refractivity contribution in [1.82, 2.24) is 4.57 Å². The quantitative estimate of drug-likeness (QED) is 0.478. The zero-order valence-electron chi connectivity index (χ0n) is 19.1. The van der Waals surface area contributed by atoms with Gasteiger partial charge in [0.25, 0.3) is 0 Å². The Hall–Kier alpha value is -1.78. The summed E-state index contributed by atoms with van der Waals surface area (Å²) in [4.78, 5) is 0. The number of benzene rings is 2. The SMILES string of the molecule is CC.CCC.Cn1ccc2cc(B3OC(C)(C)C(C)(C)O3)c3ccccc3c21. The van der Waals surface area contributed by atoms with Crippen LogP contribution < -0.4 is 5.46 Å². The molecule has 152 valence electrons. The average Bonchev–Trinajstić information content (AvgIpc) is 3.13. The summed E-state index contributed by atoms with van der Waals surface area (Å²) in [5.74, 6) is 0. The van der Waals surface area contributed by atoms with Crippen molar-refractivity contribution >= 4 is 34.3 Å². The number of aryl methyl sites for hydroxylation is 1. The summed E-state index contributed by atoms with van der Waals surface area (Å²) in [6.07, 6.45) is 3.35. The topological polar surface area (TPSA) is 23.4 Å². The normalized spacial score (nSPS) is 17.1. The van der Waals surface area contributed by atoms with Crippen LogP contribution in [0.5, 0.6) is 0 Å². The second-order valence-corrected chi connectivity index (χ2v) is 8.17. The van der Waals surface area contributed by atoms with E-state index in [1.165, 1.54) is 28.1 Å². The van der Waals surface area contributed by atoms with E-state index >= 15 is 0 Å². The Kier molecular flexibility index (Phi) is 7.00. The van der Waals surface area contributed by atoms with E-state index in [-0.39, 0.29) is 18.3 Å². The van der Waals surface area contributed by atoms with E-state index in [0.717, 1.165) is 5.46 Å². The summed E-state index contributed by atoms with van der Waals surface area (Å²) in [6.45, 7) is 16.6. The third kappa shape index (κ3) is 3.99. The molecule has 4 rings (SSSR count). The second kappa shape index (κ2) is 8.71. The molecular formula is C24H36BNO2. The molecule has 0 amide bonds. The molecular weight excluding hydrogens is 345 g/mol. The Morgan fingerprint density at radius 2 is 1.39 bits per heavy atom. The monoisotopic (exact) mass is 381 g/mol. The summed E-state index contributed by atoms with van der Waals surface area (Å²) < 4.78 is 14.7. The highest BCUT2D eigenvalue weighted by Gasteiger charge is 2.52. The van der Waals surface area contributed by atoms with Gasteiger partial charge in [-0.25, -0.2) is 0 Å². The van der Waals surface area contributed by atoms with Crippen molar-refractivity contribution in [3.05, 3.63) is 42.6 Å². The van der Waals surface area contributed by atoms with Gasteiger partial charge in [0.05, 0.1) is 16.7 Å². The highest BCUT2D eigenvalue weighted by Crippen LogP contribution is 2.37. The van der Waals surface area contributed by atoms with Gasteiger partial charge < -0.3 is 13.9 Å². The summed E-state index contributed by atoms with van der Waals surface area (Å²) in [7, 11) is 1.75. The van der Waals surface area contributed by atoms with Gasteiger partial charge in [-0.05, 0) is 50.0 Å². The maximum Gasteiger partial charge on any atom is 0.495 e. The van der Waals surface area contributed by atoms with Crippen LogP contribution in [0.25, 0.3) is 21.7 Å². The van der Waals surface area contributed by atoms with E-state index in [1.807, 2.05) is 13.8 Å². The van der Waals surface area contributed by atoms with Gasteiger partial charge in [0.2, 0.25) is 0 Å². The van der Waals surface area contributed by atoms with E-state index in [9.17, 15) is 0 Å². The lowest BCUT2D eigenvalue weighted by Gasteiger charge is -2.32. The molecule has 2 aromatic carbocycles. The van der Waals surface area contributed by atoms with Crippen LogP contribution in [0, 0.1) is 0 Å². The molecule has 1 saturated heterocycles. The molecule has 3 aromatic rings. The van der Waals surface area contributed by atoms with Crippen molar-refractivity contribution in [3.8, 4) is 0 Å². The predicted molar refractivity (Wildman–Crippen MR) is 123 cm³/mol. The first-order valence-electron chi connectivity index (χ1n) is 10.5. The van der Waals surface area contributed by atoms with Crippen LogP contribution in [0.4, 0.5) is 0 Å². The number of hydrogen-bond donors (Lipinski definition) is 0. The molecule has 1 fully saturated rings. The van der Waals surface area contributed by atoms with E-state index < -0.39 is 0 Å². The summed E-state index contributed by atoms with van der Waals surface area (Å²) in [5, 5.41) is 3.65. The lowest BCUT2D eigenvalue weighted by atomic mass is 9.75. The highest BCUT2D eigenvalue weighted by molar-refractivity contribution is 6.65. The maximum atomic E-state index is 6.28. The standard InChI is InChI=1S/C19H22BNO2.C3H8.C2H6/c1-18(2)19(3,4)23-20(22-18)16-12-13-10-11-21(5)17(13)15-9-7-6-8-14(15)16;1-3-2;1-2/h6-12H,1-5H3;3H2,1-2H3;1-2H3. The Morgan fingerprint density at radius 1 is 0.893 bits per heavy atom. The van der Waals surface area contributed by atoms with Crippen LogP contribution in [0.1, 0.15) is 61.8 Å². The van der Waals surface area contributed by atoms with E-state index in [0.29, 0.717) is 0 Å². The largest absolute Gasteiger partial charge is 0.495 e. The third-order valence-corrected chi connectivity index (χ3v) is 5.42. The molecule has 0 radical (unpaired) electrons. The van der Waals surface area contributed by atoms with Gasteiger partial charge >= 0.3 is 7.12 Å². The zero-order chi connectivity index (χ0) is 21.1. The summed E-state index contributed by atoms with van der Waals surface area (Å²) in [6, 6.07) is 12.8. The van der Waals surface area contributed by atoms with Crippen molar-refractivity contribution in [2.24, 2.45) is 7.05 Å². The van der Waals surface area contributed by atoms with Gasteiger partial charge in [-0.15, -0.1) is 0 Å². The van der Waals surface area contributed by atoms with E-state index in [4.69, 9.17) is 9.31 Å². The minimum absolute atomic E-state index is 0.329. The van der Waals surface area contributed by atoms with Crippen LogP contribution in [0.15, 0.2) is 42.6 Å². The number of rotatable bonds is 1. The Bertz CT molecular complexity index is 911. The Balaban J connectivity index is 0.000000514. The molecule has 1 aliphatic rings. The third-order valence-electron chi connectivity index (χ3n) is 5.42. The molecule has 3 nitrogen and oxygen atoms in total. The van der Waals surface area contributed by atoms with Crippen molar-refractivity contribution < 1.29 is 9.31 Å². The number of aromatic nitrogens is 1. The van der Waals surface area contributed by atoms with Crippen molar-refractivity contribution in [3.63, 3.8) is 0 Å². The highest BCUT2D eigenvalue weighted by atomic mass is 16.7. The molecule has 1 aliphatic heterocycles. The second-order valence-electron chi connectivity index (χ2n) is 8.17. The minimum Gasteiger partial charge on any atom is -0.399 e. The van der Waals surface area contributed by atoms with Crippen molar-refractivity contribution in [1.29, 1.82) is 0 Å². The lowest BCUT2D eigenvalue weighted by Crippen LogP contribution is -2.41. The predicted octanol–water partition coefficient (Wildman–Crippen LogP) is 6.07. The van der Waals surface area contributed by atoms with Gasteiger partial charge in [-0.1, -0.05) is 64.4 Å². The first-order valence-corrected chi connectivity index (χ1v) is 10.5. The Morgan fingerprint density at radius 3 is 1.93 bits per heavy atom. The fourth-order valence-electron chi connectivity index (χ4n) is 3.36.